The van der Waals surface area contributed by atoms with Crippen LogP contribution in [0.2, 0.25) is 0 Å². The third-order valence-corrected chi connectivity index (χ3v) is 3.18. The van der Waals surface area contributed by atoms with Gasteiger partial charge in [0.1, 0.15) is 12.6 Å². The van der Waals surface area contributed by atoms with Gasteiger partial charge in [-0.15, -0.1) is 0 Å². The number of carboxylic acid groups (broad SMARTS) is 1. The number of nitrogens with one attached hydrogen (secondary N) is 1. The van der Waals surface area contributed by atoms with E-state index in [1.165, 1.54) is 11.6 Å². The average Bonchev–Trinajstić information content (AvgIpc) is 2.44. The number of hydrogen-bond donors (Lipinski definition) is 2. The van der Waals surface area contributed by atoms with Crippen molar-refractivity contribution in [1.82, 2.24) is 5.32 Å². The Balaban J connectivity index is 2.73. The lowest BCUT2D eigenvalue weighted by atomic mass is 9.86. The predicted molar refractivity (Wildman–Crippen MR) is 85.0 cm³/mol. The van der Waals surface area contributed by atoms with Crippen LogP contribution >= 0.6 is 0 Å². The summed E-state index contributed by atoms with van der Waals surface area (Å²) < 4.78 is 4.74. The number of carbonyl (C=O) groups is 2. The minimum Gasteiger partial charge on any atom is -0.480 e. The summed E-state index contributed by atoms with van der Waals surface area (Å²) in [5.41, 5.74) is 2.04. The van der Waals surface area contributed by atoms with Gasteiger partial charge in [-0.3, -0.25) is 0 Å². The Bertz CT molecular complexity index is 529. The van der Waals surface area contributed by atoms with Crippen LogP contribution in [0.4, 0.5) is 4.79 Å². The van der Waals surface area contributed by atoms with Crippen LogP contribution in [0, 0.1) is 0 Å². The lowest BCUT2D eigenvalue weighted by Gasteiger charge is -2.20. The molecule has 0 aromatic heterocycles. The Morgan fingerprint density at radius 3 is 2.36 bits per heavy atom. The molecule has 120 valence electrons. The van der Waals surface area contributed by atoms with Gasteiger partial charge in [0.2, 0.25) is 0 Å². The van der Waals surface area contributed by atoms with Crippen molar-refractivity contribution in [1.29, 1.82) is 0 Å². The summed E-state index contributed by atoms with van der Waals surface area (Å²) in [5, 5.41) is 11.5. The number of carbonyl (C=O) groups excluding carboxylic acids is 1. The molecule has 0 heterocycles. The van der Waals surface area contributed by atoms with Crippen molar-refractivity contribution in [3.63, 3.8) is 0 Å². The molecule has 1 amide bonds. The number of aliphatic carboxylic acids is 1. The van der Waals surface area contributed by atoms with E-state index in [0.717, 1.165) is 5.56 Å². The van der Waals surface area contributed by atoms with E-state index in [9.17, 15) is 14.7 Å². The first-order chi connectivity index (χ1) is 10.2. The number of rotatable bonds is 6. The summed E-state index contributed by atoms with van der Waals surface area (Å²) in [6.07, 6.45) is 0.849. The van der Waals surface area contributed by atoms with Gasteiger partial charge in [-0.2, -0.15) is 0 Å². The second kappa shape index (κ2) is 7.64. The molecular weight excluding hydrogens is 282 g/mol. The van der Waals surface area contributed by atoms with Crippen molar-refractivity contribution in [2.45, 2.75) is 38.6 Å². The highest BCUT2D eigenvalue weighted by Crippen LogP contribution is 2.22. The maximum absolute atomic E-state index is 11.4. The van der Waals surface area contributed by atoms with Gasteiger partial charge < -0.3 is 15.2 Å². The minimum absolute atomic E-state index is 0.0392. The molecule has 0 aliphatic heterocycles. The van der Waals surface area contributed by atoms with Gasteiger partial charge in [0.05, 0.1) is 0 Å². The van der Waals surface area contributed by atoms with Crippen molar-refractivity contribution >= 4 is 12.1 Å². The number of alkyl carbamates (subject to hydrolysis) is 1. The summed E-state index contributed by atoms with van der Waals surface area (Å²) in [4.78, 5) is 22.7. The molecule has 0 saturated heterocycles. The quantitative estimate of drug-likeness (QED) is 0.792. The van der Waals surface area contributed by atoms with Gasteiger partial charge in [0.15, 0.2) is 0 Å². The van der Waals surface area contributed by atoms with Crippen LogP contribution in [-0.4, -0.2) is 29.8 Å². The lowest BCUT2D eigenvalue weighted by molar-refractivity contribution is -0.139. The summed E-state index contributed by atoms with van der Waals surface area (Å²) in [6.45, 7) is 9.79. The first-order valence-corrected chi connectivity index (χ1v) is 7.10. The Labute approximate surface area is 131 Å². The second-order valence-electron chi connectivity index (χ2n) is 6.07. The number of carboxylic acids is 1. The summed E-state index contributed by atoms with van der Waals surface area (Å²) >= 11 is 0. The van der Waals surface area contributed by atoms with Gasteiger partial charge in [-0.1, -0.05) is 57.7 Å². The molecule has 0 unspecified atom stereocenters. The molecule has 1 atom stereocenters. The zero-order valence-corrected chi connectivity index (χ0v) is 13.3. The molecule has 1 rings (SSSR count). The van der Waals surface area contributed by atoms with Gasteiger partial charge in [0.25, 0.3) is 0 Å². The van der Waals surface area contributed by atoms with E-state index < -0.39 is 18.1 Å². The van der Waals surface area contributed by atoms with Crippen LogP contribution in [0.5, 0.6) is 0 Å². The van der Waals surface area contributed by atoms with Crippen LogP contribution < -0.4 is 5.32 Å². The molecule has 0 fully saturated rings. The van der Waals surface area contributed by atoms with Crippen molar-refractivity contribution in [3.05, 3.63) is 48.0 Å². The molecule has 0 aliphatic carbocycles. The van der Waals surface area contributed by atoms with E-state index >= 15 is 0 Å². The summed E-state index contributed by atoms with van der Waals surface area (Å²) in [6, 6.07) is 6.69. The number of amides is 1. The molecular formula is C17H23NO4. The smallest absolute Gasteiger partial charge is 0.408 e. The summed E-state index contributed by atoms with van der Waals surface area (Å²) in [7, 11) is 0. The maximum Gasteiger partial charge on any atom is 0.408 e. The van der Waals surface area contributed by atoms with Crippen LogP contribution in [0.3, 0.4) is 0 Å². The Morgan fingerprint density at radius 2 is 1.91 bits per heavy atom. The lowest BCUT2D eigenvalue weighted by Crippen LogP contribution is -2.42. The molecule has 1 aromatic carbocycles. The SMILES string of the molecule is C=CCOC(=O)N[C@H](Cc1ccc(C(C)(C)C)cc1)C(=O)O. The predicted octanol–water partition coefficient (Wildman–Crippen LogP) is 2.89. The van der Waals surface area contributed by atoms with E-state index in [1.807, 2.05) is 24.3 Å². The number of benzene rings is 1. The highest BCUT2D eigenvalue weighted by molar-refractivity contribution is 5.80. The average molecular weight is 305 g/mol. The van der Waals surface area contributed by atoms with E-state index in [4.69, 9.17) is 4.74 Å². The van der Waals surface area contributed by atoms with E-state index in [0.29, 0.717) is 0 Å². The third-order valence-electron chi connectivity index (χ3n) is 3.18. The third kappa shape index (κ3) is 5.60. The minimum atomic E-state index is -1.10. The normalized spacial score (nSPS) is 12.3. The molecule has 0 aliphatic rings. The van der Waals surface area contributed by atoms with Gasteiger partial charge >= 0.3 is 12.1 Å². The monoisotopic (exact) mass is 305 g/mol. The van der Waals surface area contributed by atoms with Crippen molar-refractivity contribution in [2.75, 3.05) is 6.61 Å². The summed E-state index contributed by atoms with van der Waals surface area (Å²) in [5.74, 6) is -1.10. The topological polar surface area (TPSA) is 75.6 Å². The highest BCUT2D eigenvalue weighted by atomic mass is 16.5. The molecule has 5 heteroatoms. The largest absolute Gasteiger partial charge is 0.480 e. The van der Waals surface area contributed by atoms with Gasteiger partial charge in [-0.25, -0.2) is 9.59 Å². The van der Waals surface area contributed by atoms with E-state index in [2.05, 4.69) is 32.7 Å². The maximum atomic E-state index is 11.4. The molecule has 5 nitrogen and oxygen atoms in total. The van der Waals surface area contributed by atoms with Crippen LogP contribution in [0.25, 0.3) is 0 Å². The zero-order chi connectivity index (χ0) is 16.8. The standard InChI is InChI=1S/C17H23NO4/c1-5-10-22-16(21)18-14(15(19)20)11-12-6-8-13(9-7-12)17(2,3)4/h5-9,14H,1,10-11H2,2-4H3,(H,18,21)(H,19,20)/t14-/m1/s1. The fraction of sp³-hybridized carbons (Fsp3) is 0.412. The van der Waals surface area contributed by atoms with Gasteiger partial charge in [-0.05, 0) is 16.5 Å². The molecule has 2 N–H and O–H groups in total. The molecule has 22 heavy (non-hydrogen) atoms. The van der Waals surface area contributed by atoms with Crippen molar-refractivity contribution in [2.24, 2.45) is 0 Å². The molecule has 1 aromatic rings. The highest BCUT2D eigenvalue weighted by Gasteiger charge is 2.21. The van der Waals surface area contributed by atoms with Crippen LogP contribution in [0.1, 0.15) is 31.9 Å². The first kappa shape index (κ1) is 17.8. The Hall–Kier alpha value is -2.30. The van der Waals surface area contributed by atoms with Crippen molar-refractivity contribution in [3.8, 4) is 0 Å². The van der Waals surface area contributed by atoms with E-state index in [1.54, 1.807) is 0 Å². The van der Waals surface area contributed by atoms with E-state index in [-0.39, 0.29) is 18.4 Å². The molecule has 0 spiro atoms. The van der Waals surface area contributed by atoms with Crippen LogP contribution in [0.15, 0.2) is 36.9 Å². The van der Waals surface area contributed by atoms with Crippen LogP contribution in [-0.2, 0) is 21.4 Å². The molecule has 0 radical (unpaired) electrons. The zero-order valence-electron chi connectivity index (χ0n) is 13.3. The fourth-order valence-corrected chi connectivity index (χ4v) is 1.90. The van der Waals surface area contributed by atoms with Gasteiger partial charge in [0, 0.05) is 6.42 Å². The molecule has 0 saturated carbocycles. The van der Waals surface area contributed by atoms with Crippen molar-refractivity contribution < 1.29 is 19.4 Å². The second-order valence-corrected chi connectivity index (χ2v) is 6.07. The fourth-order valence-electron chi connectivity index (χ4n) is 1.90. The number of ether oxygens (including phenoxy) is 1. The Morgan fingerprint density at radius 1 is 1.32 bits per heavy atom. The Kier molecular flexibility index (Phi) is 6.16. The number of hydrogen-bond acceptors (Lipinski definition) is 3. The molecule has 0 bridgehead atoms. The first-order valence-electron chi connectivity index (χ1n) is 7.10.